The monoisotopic (exact) mass is 496 g/mol. The summed E-state index contributed by atoms with van der Waals surface area (Å²) < 4.78 is 0. The van der Waals surface area contributed by atoms with Crippen molar-refractivity contribution in [1.29, 1.82) is 0 Å². The van der Waals surface area contributed by atoms with E-state index >= 15 is 0 Å². The van der Waals surface area contributed by atoms with Crippen molar-refractivity contribution in [3.63, 3.8) is 0 Å². The first-order valence-corrected chi connectivity index (χ1v) is 12.9. The zero-order chi connectivity index (χ0) is 25.1. The number of carboxylic acid groups (broad SMARTS) is 1. The smallest absolute Gasteiger partial charge is 0.326 e. The number of thioether (sulfide) groups is 1. The highest BCUT2D eigenvalue weighted by atomic mass is 32.2. The van der Waals surface area contributed by atoms with Crippen molar-refractivity contribution in [2.75, 3.05) is 18.6 Å². The van der Waals surface area contributed by atoms with Gasteiger partial charge in [0.25, 0.3) is 0 Å². The molecule has 4 unspecified atom stereocenters. The molecule has 0 spiro atoms. The standard InChI is InChI=1S/C22H36N6O5S/c1-13(2)9-17(20(30)26-16(22(32)33)6-8-34-3)27-21(31)18(10-14-11-23-12-25-14)28-19(29)15-5-4-7-24-15/h11-13,15-18,24H,4-10H2,1-3H3,(H,23,25)(H,26,30)(H,27,31)(H,28,29)(H,32,33). The molecule has 3 amide bonds. The lowest BCUT2D eigenvalue weighted by Gasteiger charge is -2.26. The largest absolute Gasteiger partial charge is 0.480 e. The molecule has 190 valence electrons. The van der Waals surface area contributed by atoms with Gasteiger partial charge in [-0.25, -0.2) is 9.78 Å². The van der Waals surface area contributed by atoms with Crippen molar-refractivity contribution in [3.8, 4) is 0 Å². The normalized spacial score (nSPS) is 18.2. The first-order chi connectivity index (χ1) is 16.2. The van der Waals surface area contributed by atoms with Gasteiger partial charge in [-0.3, -0.25) is 14.4 Å². The lowest BCUT2D eigenvalue weighted by Crippen LogP contribution is -2.57. The summed E-state index contributed by atoms with van der Waals surface area (Å²) in [4.78, 5) is 57.3. The van der Waals surface area contributed by atoms with Crippen LogP contribution >= 0.6 is 11.8 Å². The van der Waals surface area contributed by atoms with E-state index in [1.807, 2.05) is 20.1 Å². The van der Waals surface area contributed by atoms with Crippen LogP contribution < -0.4 is 21.3 Å². The number of carbonyl (C=O) groups is 4. The Labute approximate surface area is 204 Å². The molecule has 1 fully saturated rings. The van der Waals surface area contributed by atoms with Crippen molar-refractivity contribution in [1.82, 2.24) is 31.2 Å². The minimum Gasteiger partial charge on any atom is -0.480 e. The number of imidazole rings is 1. The van der Waals surface area contributed by atoms with E-state index in [4.69, 9.17) is 0 Å². The number of carbonyl (C=O) groups excluding carboxylic acids is 3. The van der Waals surface area contributed by atoms with Crippen LogP contribution in [-0.2, 0) is 25.6 Å². The zero-order valence-electron chi connectivity index (χ0n) is 19.9. The van der Waals surface area contributed by atoms with Gasteiger partial charge in [0.1, 0.15) is 18.1 Å². The molecule has 2 rings (SSSR count). The third kappa shape index (κ3) is 8.98. The van der Waals surface area contributed by atoms with Crippen LogP contribution in [0.2, 0.25) is 0 Å². The molecule has 0 radical (unpaired) electrons. The number of rotatable bonds is 14. The number of aromatic nitrogens is 2. The van der Waals surface area contributed by atoms with E-state index in [2.05, 4.69) is 31.2 Å². The van der Waals surface area contributed by atoms with Crippen molar-refractivity contribution < 1.29 is 24.3 Å². The quantitative estimate of drug-likeness (QED) is 0.210. The first kappa shape index (κ1) is 27.6. The zero-order valence-corrected chi connectivity index (χ0v) is 20.7. The number of hydrogen-bond acceptors (Lipinski definition) is 7. The van der Waals surface area contributed by atoms with E-state index in [0.29, 0.717) is 24.3 Å². The molecule has 2 heterocycles. The van der Waals surface area contributed by atoms with Crippen LogP contribution in [0, 0.1) is 5.92 Å². The summed E-state index contributed by atoms with van der Waals surface area (Å²) in [5.41, 5.74) is 0.660. The van der Waals surface area contributed by atoms with Crippen molar-refractivity contribution in [2.24, 2.45) is 5.92 Å². The number of nitrogens with one attached hydrogen (secondary N) is 5. The van der Waals surface area contributed by atoms with Gasteiger partial charge >= 0.3 is 5.97 Å². The predicted octanol–water partition coefficient (Wildman–Crippen LogP) is 0.0424. The Morgan fingerprint density at radius 1 is 1.15 bits per heavy atom. The molecule has 0 saturated carbocycles. The highest BCUT2D eigenvalue weighted by molar-refractivity contribution is 7.98. The minimum absolute atomic E-state index is 0.0638. The van der Waals surface area contributed by atoms with Crippen molar-refractivity contribution in [2.45, 2.75) is 70.1 Å². The summed E-state index contributed by atoms with van der Waals surface area (Å²) in [7, 11) is 0. The maximum Gasteiger partial charge on any atom is 0.326 e. The second-order valence-electron chi connectivity index (χ2n) is 8.86. The summed E-state index contributed by atoms with van der Waals surface area (Å²) in [6.07, 6.45) is 7.26. The van der Waals surface area contributed by atoms with Crippen LogP contribution in [0.25, 0.3) is 0 Å². The SMILES string of the molecule is CSCCC(NC(=O)C(CC(C)C)NC(=O)C(Cc1cnc[nH]1)NC(=O)C1CCCN1)C(=O)O. The fourth-order valence-corrected chi connectivity index (χ4v) is 4.22. The van der Waals surface area contributed by atoms with E-state index in [-0.39, 0.29) is 30.7 Å². The fourth-order valence-electron chi connectivity index (χ4n) is 3.75. The maximum absolute atomic E-state index is 13.2. The first-order valence-electron chi connectivity index (χ1n) is 11.5. The van der Waals surface area contributed by atoms with Gasteiger partial charge < -0.3 is 31.4 Å². The van der Waals surface area contributed by atoms with E-state index in [0.717, 1.165) is 13.0 Å². The third-order valence-electron chi connectivity index (χ3n) is 5.55. The fraction of sp³-hybridized carbons (Fsp3) is 0.682. The molecular weight excluding hydrogens is 460 g/mol. The molecule has 1 aliphatic heterocycles. The maximum atomic E-state index is 13.2. The van der Waals surface area contributed by atoms with E-state index < -0.39 is 35.9 Å². The van der Waals surface area contributed by atoms with Gasteiger partial charge in [-0.1, -0.05) is 13.8 Å². The Hall–Kier alpha value is -2.60. The molecule has 0 bridgehead atoms. The van der Waals surface area contributed by atoms with Crippen LogP contribution in [0.5, 0.6) is 0 Å². The average molecular weight is 497 g/mol. The molecule has 1 aromatic rings. The molecule has 0 aliphatic carbocycles. The topological polar surface area (TPSA) is 165 Å². The van der Waals surface area contributed by atoms with Gasteiger partial charge in [0.2, 0.25) is 17.7 Å². The molecule has 12 heteroatoms. The molecule has 4 atom stereocenters. The molecule has 0 aromatic carbocycles. The molecule has 6 N–H and O–H groups in total. The number of H-pyrrole nitrogens is 1. The van der Waals surface area contributed by atoms with Gasteiger partial charge in [0.05, 0.1) is 12.4 Å². The van der Waals surface area contributed by atoms with Crippen molar-refractivity contribution >= 4 is 35.5 Å². The second kappa shape index (κ2) is 14.0. The molecule has 1 saturated heterocycles. The summed E-state index contributed by atoms with van der Waals surface area (Å²) in [6.45, 7) is 4.56. The number of aromatic amines is 1. The molecule has 34 heavy (non-hydrogen) atoms. The molecule has 1 aromatic heterocycles. The van der Waals surface area contributed by atoms with Gasteiger partial charge in [0.15, 0.2) is 0 Å². The lowest BCUT2D eigenvalue weighted by molar-refractivity contribution is -0.142. The van der Waals surface area contributed by atoms with E-state index in [1.54, 1.807) is 6.20 Å². The molecule has 11 nitrogen and oxygen atoms in total. The third-order valence-corrected chi connectivity index (χ3v) is 6.20. The van der Waals surface area contributed by atoms with Crippen LogP contribution in [0.3, 0.4) is 0 Å². The minimum atomic E-state index is -1.12. The number of aliphatic carboxylic acids is 1. The number of amides is 3. The van der Waals surface area contributed by atoms with Crippen LogP contribution in [0.15, 0.2) is 12.5 Å². The highest BCUT2D eigenvalue weighted by Gasteiger charge is 2.32. The van der Waals surface area contributed by atoms with E-state index in [9.17, 15) is 24.3 Å². The van der Waals surface area contributed by atoms with Crippen LogP contribution in [0.4, 0.5) is 0 Å². The Kier molecular flexibility index (Phi) is 11.3. The second-order valence-corrected chi connectivity index (χ2v) is 9.85. The average Bonchev–Trinajstić information content (AvgIpc) is 3.49. The molecule has 1 aliphatic rings. The van der Waals surface area contributed by atoms with Crippen LogP contribution in [0.1, 0.15) is 45.2 Å². The molecular formula is C22H36N6O5S. The highest BCUT2D eigenvalue weighted by Crippen LogP contribution is 2.10. The Morgan fingerprint density at radius 2 is 1.85 bits per heavy atom. The number of hydrogen-bond donors (Lipinski definition) is 6. The summed E-state index contributed by atoms with van der Waals surface area (Å²) >= 11 is 1.49. The Morgan fingerprint density at radius 3 is 2.41 bits per heavy atom. The van der Waals surface area contributed by atoms with Gasteiger partial charge in [-0.2, -0.15) is 11.8 Å². The number of nitrogens with zero attached hydrogens (tertiary/aromatic N) is 1. The Balaban J connectivity index is 2.12. The van der Waals surface area contributed by atoms with Crippen molar-refractivity contribution in [3.05, 3.63) is 18.2 Å². The summed E-state index contributed by atoms with van der Waals surface area (Å²) in [5.74, 6) is -1.83. The van der Waals surface area contributed by atoms with Gasteiger partial charge in [-0.05, 0) is 50.2 Å². The van der Waals surface area contributed by atoms with E-state index in [1.165, 1.54) is 18.1 Å². The van der Waals surface area contributed by atoms with Gasteiger partial charge in [0, 0.05) is 18.3 Å². The Bertz CT molecular complexity index is 813. The lowest BCUT2D eigenvalue weighted by atomic mass is 10.0. The van der Waals surface area contributed by atoms with Crippen LogP contribution in [-0.4, -0.2) is 81.5 Å². The summed E-state index contributed by atoms with van der Waals surface area (Å²) in [6, 6.07) is -3.26. The summed E-state index contributed by atoms with van der Waals surface area (Å²) in [5, 5.41) is 20.6. The predicted molar refractivity (Wildman–Crippen MR) is 129 cm³/mol. The van der Waals surface area contributed by atoms with Gasteiger partial charge in [-0.15, -0.1) is 0 Å². The number of carboxylic acids is 1.